The number of imide groups is 1. The van der Waals surface area contributed by atoms with Crippen LogP contribution in [-0.2, 0) is 25.6 Å². The Morgan fingerprint density at radius 3 is 2.45 bits per heavy atom. The molecule has 2 aromatic carbocycles. The summed E-state index contributed by atoms with van der Waals surface area (Å²) in [6, 6.07) is 14.0. The number of aliphatic hydroxyl groups excluding tert-OH is 1. The number of nitrogens with zero attached hydrogens (tertiary/aromatic N) is 6. The van der Waals surface area contributed by atoms with Crippen LogP contribution in [0.5, 0.6) is 5.75 Å². The highest BCUT2D eigenvalue weighted by Crippen LogP contribution is 2.43. The number of carbonyl (C=O) groups is 5. The number of hydrogen-bond acceptors (Lipinski definition) is 12. The normalized spacial score (nSPS) is 15.4. The minimum absolute atomic E-state index is 0.00586. The lowest BCUT2D eigenvalue weighted by atomic mass is 9.72. The van der Waals surface area contributed by atoms with Crippen LogP contribution in [0.2, 0.25) is 10.0 Å². The summed E-state index contributed by atoms with van der Waals surface area (Å²) in [4.78, 5) is 76.9. The lowest BCUT2D eigenvalue weighted by Crippen LogP contribution is -2.73. The average Bonchev–Trinajstić information content (AvgIpc) is 3.69. The summed E-state index contributed by atoms with van der Waals surface area (Å²) in [6.07, 6.45) is 6.84. The molecule has 1 spiro atoms. The van der Waals surface area contributed by atoms with Crippen molar-refractivity contribution >= 4 is 70.3 Å². The number of halogens is 2. The molecule has 18 heteroatoms. The molecule has 2 unspecified atom stereocenters. The smallest absolute Gasteiger partial charge is 0.261 e. The Bertz CT molecular complexity index is 2500. The zero-order chi connectivity index (χ0) is 46.3. The van der Waals surface area contributed by atoms with Crippen LogP contribution >= 0.6 is 23.2 Å². The van der Waals surface area contributed by atoms with Gasteiger partial charge in [0.2, 0.25) is 18.2 Å². The number of H-pyrrole nitrogens is 1. The summed E-state index contributed by atoms with van der Waals surface area (Å²) in [5.74, 6) is 0.0322. The number of likely N-dealkylation sites (N-methyl/N-ethyl adjacent to an activating group) is 1. The fraction of sp³-hybridized carbons (Fsp3) is 0.404. The molecule has 2 aliphatic heterocycles. The van der Waals surface area contributed by atoms with Crippen LogP contribution in [0, 0.1) is 18.3 Å². The molecule has 16 nitrogen and oxygen atoms in total. The first kappa shape index (κ1) is 47.0. The number of likely N-dealkylation sites (tertiary alicyclic amines) is 1. The van der Waals surface area contributed by atoms with Crippen LogP contribution in [0.1, 0.15) is 65.8 Å². The number of aldehydes is 1. The number of pyridine rings is 2. The monoisotopic (exact) mass is 925 g/mol. The molecule has 7 rings (SSSR count). The van der Waals surface area contributed by atoms with Gasteiger partial charge < -0.3 is 35.1 Å². The van der Waals surface area contributed by atoms with E-state index < -0.39 is 24.0 Å². The van der Waals surface area contributed by atoms with E-state index in [2.05, 4.69) is 30.7 Å². The number of aromatic amines is 1. The van der Waals surface area contributed by atoms with Gasteiger partial charge in [-0.05, 0) is 94.1 Å². The van der Waals surface area contributed by atoms with Gasteiger partial charge in [-0.2, -0.15) is 5.10 Å². The maximum atomic E-state index is 13.7. The molecule has 0 saturated carbocycles. The minimum atomic E-state index is -1.12. The van der Waals surface area contributed by atoms with Gasteiger partial charge in [0.25, 0.3) is 5.91 Å². The topological polar surface area (TPSA) is 203 Å². The van der Waals surface area contributed by atoms with Crippen LogP contribution < -0.4 is 20.3 Å². The highest BCUT2D eigenvalue weighted by atomic mass is 35.5. The number of amides is 4. The molecule has 5 heterocycles. The van der Waals surface area contributed by atoms with Crippen molar-refractivity contribution in [3.8, 4) is 17.0 Å². The molecule has 2 fully saturated rings. The van der Waals surface area contributed by atoms with Crippen molar-refractivity contribution in [2.45, 2.75) is 58.1 Å². The molecule has 342 valence electrons. The minimum Gasteiger partial charge on any atom is -0.486 e. The van der Waals surface area contributed by atoms with Gasteiger partial charge >= 0.3 is 0 Å². The van der Waals surface area contributed by atoms with Crippen LogP contribution in [0.3, 0.4) is 0 Å². The van der Waals surface area contributed by atoms with Crippen molar-refractivity contribution in [1.29, 1.82) is 0 Å². The third kappa shape index (κ3) is 10.3. The molecule has 65 heavy (non-hydrogen) atoms. The number of hydrogen-bond donors (Lipinski definition) is 4. The number of benzene rings is 2. The van der Waals surface area contributed by atoms with Gasteiger partial charge in [0, 0.05) is 98.3 Å². The Kier molecular flexibility index (Phi) is 15.1. The van der Waals surface area contributed by atoms with Gasteiger partial charge in [0.15, 0.2) is 0 Å². The molecule has 2 aliphatic rings. The summed E-state index contributed by atoms with van der Waals surface area (Å²) in [7, 11) is 1.41. The van der Waals surface area contributed by atoms with Gasteiger partial charge in [-0.25, -0.2) is 4.98 Å². The summed E-state index contributed by atoms with van der Waals surface area (Å²) in [6.45, 7) is 7.41. The standard InChI is InChI=1S/C47H53Cl2N9O7/c1-29-6-4-7-31(41(29)46(64)58(28-61)39(8-5-18-59)44(62)50-3)13-16-51-17-14-32(15-19-60)45(63)57-26-47(27-57)24-56(25-47)40-12-9-33(21-53-40)43-35-20-34(10-11-38(35)54-55-43)65-30(2)42-36(48)22-52-23-37(42)49/h4,6-7,9-12,18,20-23,28,30,32,39,51,60H,5,8,13-17,19,24-27H2,1-3H3,(H,50,62)(H,54,55)/t30-,32?,39?/m1/s1. The molecule has 5 aromatic rings. The average molecular weight is 927 g/mol. The van der Waals surface area contributed by atoms with Gasteiger partial charge in [0.1, 0.15) is 35.7 Å². The highest BCUT2D eigenvalue weighted by molar-refractivity contribution is 6.35. The Morgan fingerprint density at radius 1 is 1.00 bits per heavy atom. The number of anilines is 1. The summed E-state index contributed by atoms with van der Waals surface area (Å²) >= 11 is 12.7. The van der Waals surface area contributed by atoms with Crippen molar-refractivity contribution in [3.05, 3.63) is 99.4 Å². The molecular formula is C47H53Cl2N9O7. The third-order valence-electron chi connectivity index (χ3n) is 12.3. The summed E-state index contributed by atoms with van der Waals surface area (Å²) in [5, 5.41) is 25.1. The Labute approximate surface area is 387 Å². The zero-order valence-electron chi connectivity index (χ0n) is 36.6. The molecular weight excluding hydrogens is 873 g/mol. The maximum Gasteiger partial charge on any atom is 0.261 e. The number of aryl methyl sites for hydroxylation is 1. The predicted octanol–water partition coefficient (Wildman–Crippen LogP) is 5.34. The number of ether oxygens (including phenoxy) is 1. The highest BCUT2D eigenvalue weighted by Gasteiger charge is 2.54. The first-order chi connectivity index (χ1) is 31.4. The molecule has 0 aliphatic carbocycles. The second-order valence-electron chi connectivity index (χ2n) is 16.8. The SMILES string of the molecule is CNC(=O)C(CCC=O)N(C=O)C(=O)c1c(C)cccc1CCNCCC(CCO)C(=O)N1CC2(C1)CN(c1ccc(-c3n[nH]c4ccc(O[C@H](C)c5c(Cl)cncc5Cl)cc34)cn1)C2. The number of nitrogens with one attached hydrogen (secondary N) is 3. The first-order valence-corrected chi connectivity index (χ1v) is 22.4. The van der Waals surface area contributed by atoms with E-state index in [4.69, 9.17) is 32.9 Å². The molecule has 2 saturated heterocycles. The van der Waals surface area contributed by atoms with E-state index in [-0.39, 0.29) is 36.7 Å². The second-order valence-corrected chi connectivity index (χ2v) is 17.6. The maximum absolute atomic E-state index is 13.7. The van der Waals surface area contributed by atoms with Gasteiger partial charge in [-0.3, -0.25) is 34.2 Å². The zero-order valence-corrected chi connectivity index (χ0v) is 38.1. The van der Waals surface area contributed by atoms with Crippen LogP contribution in [0.25, 0.3) is 22.2 Å². The third-order valence-corrected chi connectivity index (χ3v) is 12.9. The van der Waals surface area contributed by atoms with E-state index in [1.165, 1.54) is 7.05 Å². The van der Waals surface area contributed by atoms with Crippen LogP contribution in [0.15, 0.2) is 67.1 Å². The number of rotatable bonds is 21. The van der Waals surface area contributed by atoms with Gasteiger partial charge in [-0.1, -0.05) is 41.4 Å². The molecule has 4 amide bonds. The van der Waals surface area contributed by atoms with Crippen LogP contribution in [0.4, 0.5) is 5.82 Å². The molecule has 0 radical (unpaired) electrons. The number of aliphatic hydroxyl groups is 1. The fourth-order valence-electron chi connectivity index (χ4n) is 8.97. The number of fused-ring (bicyclic) bond motifs is 1. The summed E-state index contributed by atoms with van der Waals surface area (Å²) in [5.41, 5.74) is 4.80. The predicted molar refractivity (Wildman–Crippen MR) is 247 cm³/mol. The Hall–Kier alpha value is -5.94. The van der Waals surface area contributed by atoms with E-state index in [1.54, 1.807) is 25.4 Å². The second kappa shape index (κ2) is 20.9. The van der Waals surface area contributed by atoms with Crippen molar-refractivity contribution in [2.24, 2.45) is 11.3 Å². The fourth-order valence-corrected chi connectivity index (χ4v) is 9.64. The lowest BCUT2D eigenvalue weighted by molar-refractivity contribution is -0.150. The largest absolute Gasteiger partial charge is 0.486 e. The van der Waals surface area contributed by atoms with Gasteiger partial charge in [0.05, 0.1) is 15.6 Å². The lowest BCUT2D eigenvalue weighted by Gasteiger charge is -2.61. The van der Waals surface area contributed by atoms with E-state index in [0.717, 1.165) is 46.0 Å². The van der Waals surface area contributed by atoms with Crippen molar-refractivity contribution in [2.75, 3.05) is 57.8 Å². The van der Waals surface area contributed by atoms with Crippen molar-refractivity contribution in [3.63, 3.8) is 0 Å². The van der Waals surface area contributed by atoms with Gasteiger partial charge in [-0.15, -0.1) is 0 Å². The van der Waals surface area contributed by atoms with E-state index in [0.29, 0.717) is 96.2 Å². The molecule has 4 N–H and O–H groups in total. The van der Waals surface area contributed by atoms with E-state index in [1.807, 2.05) is 60.5 Å². The number of carbonyl (C=O) groups excluding carboxylic acids is 5. The molecule has 0 bridgehead atoms. The number of aromatic nitrogens is 4. The first-order valence-electron chi connectivity index (χ1n) is 21.7. The van der Waals surface area contributed by atoms with E-state index >= 15 is 0 Å². The quantitative estimate of drug-likeness (QED) is 0.0545. The molecule has 3 aromatic heterocycles. The summed E-state index contributed by atoms with van der Waals surface area (Å²) < 4.78 is 6.24. The Balaban J connectivity index is 0.885. The molecule has 3 atom stereocenters. The Morgan fingerprint density at radius 2 is 1.77 bits per heavy atom. The van der Waals surface area contributed by atoms with E-state index in [9.17, 15) is 29.1 Å². The van der Waals surface area contributed by atoms with Crippen LogP contribution in [-0.4, -0.2) is 124 Å². The van der Waals surface area contributed by atoms with Crippen molar-refractivity contribution in [1.82, 2.24) is 40.6 Å². The van der Waals surface area contributed by atoms with Crippen molar-refractivity contribution < 1.29 is 33.8 Å².